The van der Waals surface area contributed by atoms with Crippen molar-refractivity contribution in [2.24, 2.45) is 5.92 Å². The van der Waals surface area contributed by atoms with Crippen molar-refractivity contribution in [1.29, 1.82) is 0 Å². The molecule has 2 aromatic carbocycles. The molecule has 2 aliphatic rings. The minimum absolute atomic E-state index is 0.0612. The summed E-state index contributed by atoms with van der Waals surface area (Å²) < 4.78 is 13.5. The van der Waals surface area contributed by atoms with Gasteiger partial charge < -0.3 is 14.7 Å². The third-order valence-corrected chi connectivity index (χ3v) is 8.81. The fourth-order valence-electron chi connectivity index (χ4n) is 5.35. The van der Waals surface area contributed by atoms with Gasteiger partial charge in [-0.05, 0) is 85.5 Å². The number of likely N-dealkylation sites (tertiary alicyclic amines) is 1. The number of thiophene rings is 1. The second-order valence-corrected chi connectivity index (χ2v) is 11.6. The zero-order valence-corrected chi connectivity index (χ0v) is 22.8. The minimum atomic E-state index is -0.295. The van der Waals surface area contributed by atoms with Crippen LogP contribution in [0, 0.1) is 18.7 Å². The van der Waals surface area contributed by atoms with E-state index in [1.807, 2.05) is 28.5 Å². The van der Waals surface area contributed by atoms with Crippen molar-refractivity contribution in [3.8, 4) is 0 Å². The van der Waals surface area contributed by atoms with E-state index in [4.69, 9.17) is 0 Å². The lowest BCUT2D eigenvalue weighted by atomic mass is 10.1. The Morgan fingerprint density at radius 1 is 0.974 bits per heavy atom. The van der Waals surface area contributed by atoms with E-state index in [1.54, 1.807) is 28.4 Å². The zero-order valence-electron chi connectivity index (χ0n) is 22.0. The maximum absolute atomic E-state index is 13.8. The molecule has 1 aliphatic heterocycles. The fraction of sp³-hybridized carbons (Fsp3) is 0.419. The van der Waals surface area contributed by atoms with Crippen LogP contribution in [-0.2, 0) is 22.7 Å². The first kappa shape index (κ1) is 26.6. The van der Waals surface area contributed by atoms with Crippen LogP contribution in [0.15, 0.2) is 66.0 Å². The van der Waals surface area contributed by atoms with Crippen LogP contribution in [0.3, 0.4) is 0 Å². The summed E-state index contributed by atoms with van der Waals surface area (Å²) in [5.74, 6) is -0.114. The molecule has 5 rings (SSSR count). The van der Waals surface area contributed by atoms with Gasteiger partial charge in [0.1, 0.15) is 5.82 Å². The first-order valence-electron chi connectivity index (χ1n) is 13.6. The largest absolute Gasteiger partial charge is 0.332 e. The van der Waals surface area contributed by atoms with Crippen molar-refractivity contribution in [3.05, 3.63) is 93.4 Å². The van der Waals surface area contributed by atoms with E-state index in [-0.39, 0.29) is 36.0 Å². The molecule has 1 aliphatic carbocycles. The van der Waals surface area contributed by atoms with E-state index in [0.717, 1.165) is 42.1 Å². The normalized spacial score (nSPS) is 18.9. The molecular weight excluding hydrogens is 497 g/mol. The van der Waals surface area contributed by atoms with Crippen LogP contribution in [0.4, 0.5) is 4.39 Å². The number of carbonyl (C=O) groups excluding carboxylic acids is 2. The smallest absolute Gasteiger partial charge is 0.242 e. The second-order valence-electron chi connectivity index (χ2n) is 10.6. The number of rotatable bonds is 11. The van der Waals surface area contributed by atoms with Gasteiger partial charge in [-0.3, -0.25) is 9.59 Å². The Bertz CT molecular complexity index is 1220. The Morgan fingerprint density at radius 2 is 1.71 bits per heavy atom. The van der Waals surface area contributed by atoms with Crippen molar-refractivity contribution in [3.63, 3.8) is 0 Å². The van der Waals surface area contributed by atoms with E-state index >= 15 is 0 Å². The van der Waals surface area contributed by atoms with Gasteiger partial charge >= 0.3 is 0 Å². The lowest BCUT2D eigenvalue weighted by Gasteiger charge is -2.29. The molecule has 5 nitrogen and oxygen atoms in total. The van der Waals surface area contributed by atoms with Crippen LogP contribution in [0.1, 0.15) is 46.7 Å². The number of hydrogen-bond donors (Lipinski definition) is 0. The van der Waals surface area contributed by atoms with Crippen LogP contribution >= 0.6 is 11.3 Å². The Morgan fingerprint density at radius 3 is 2.39 bits per heavy atom. The Labute approximate surface area is 228 Å². The summed E-state index contributed by atoms with van der Waals surface area (Å²) in [6.07, 6.45) is 3.22. The van der Waals surface area contributed by atoms with E-state index in [0.29, 0.717) is 19.6 Å². The molecule has 0 bridgehead atoms. The van der Waals surface area contributed by atoms with Crippen LogP contribution in [-0.4, -0.2) is 59.2 Å². The minimum Gasteiger partial charge on any atom is -0.332 e. The molecule has 1 saturated carbocycles. The third kappa shape index (κ3) is 6.69. The number of amides is 2. The van der Waals surface area contributed by atoms with Gasteiger partial charge in [0, 0.05) is 30.4 Å². The summed E-state index contributed by atoms with van der Waals surface area (Å²) in [7, 11) is 0. The average molecular weight is 534 g/mol. The molecule has 200 valence electrons. The summed E-state index contributed by atoms with van der Waals surface area (Å²) in [5.41, 5.74) is 3.22. The maximum atomic E-state index is 13.8. The molecule has 0 spiro atoms. The molecule has 2 amide bonds. The van der Waals surface area contributed by atoms with Crippen LogP contribution in [0.25, 0.3) is 0 Å². The molecule has 0 N–H and O–H groups in total. The third-order valence-electron chi connectivity index (χ3n) is 7.80. The van der Waals surface area contributed by atoms with Gasteiger partial charge in [-0.1, -0.05) is 42.5 Å². The van der Waals surface area contributed by atoms with Gasteiger partial charge in [0.15, 0.2) is 0 Å². The summed E-state index contributed by atoms with van der Waals surface area (Å²) >= 11 is 1.63. The molecule has 7 heteroatoms. The van der Waals surface area contributed by atoms with Crippen molar-refractivity contribution < 1.29 is 14.0 Å². The number of hydrogen-bond acceptors (Lipinski definition) is 4. The van der Waals surface area contributed by atoms with Gasteiger partial charge in [0.25, 0.3) is 0 Å². The van der Waals surface area contributed by atoms with Crippen molar-refractivity contribution in [1.82, 2.24) is 14.7 Å². The first-order valence-corrected chi connectivity index (χ1v) is 14.5. The van der Waals surface area contributed by atoms with Gasteiger partial charge in [-0.15, -0.1) is 11.3 Å². The van der Waals surface area contributed by atoms with Crippen molar-refractivity contribution in [2.75, 3.05) is 32.7 Å². The number of benzene rings is 2. The first-order chi connectivity index (χ1) is 18.5. The highest BCUT2D eigenvalue weighted by molar-refractivity contribution is 7.10. The van der Waals surface area contributed by atoms with Crippen LogP contribution in [0.5, 0.6) is 0 Å². The molecule has 0 unspecified atom stereocenters. The summed E-state index contributed by atoms with van der Waals surface area (Å²) in [6, 6.07) is 18.6. The highest BCUT2D eigenvalue weighted by Gasteiger charge is 2.46. The fourth-order valence-corrected chi connectivity index (χ4v) is 6.27. The SMILES string of the molecule is Cc1ccsc1CN(Cc1ccc(F)cc1)C(=O)CN(CCN1CCCC1)C(=O)[C@H]1C[C@H]1c1ccccc1. The molecule has 2 atom stereocenters. The van der Waals surface area contributed by atoms with Gasteiger partial charge in [0.05, 0.1) is 13.1 Å². The summed E-state index contributed by atoms with van der Waals surface area (Å²) in [4.78, 5) is 34.6. The number of nitrogens with zero attached hydrogens (tertiary/aromatic N) is 3. The lowest BCUT2D eigenvalue weighted by Crippen LogP contribution is -2.45. The Hall–Kier alpha value is -3.03. The maximum Gasteiger partial charge on any atom is 0.242 e. The number of aryl methyl sites for hydroxylation is 1. The summed E-state index contributed by atoms with van der Waals surface area (Å²) in [6.45, 7) is 6.44. The highest BCUT2D eigenvalue weighted by Crippen LogP contribution is 2.48. The van der Waals surface area contributed by atoms with E-state index in [9.17, 15) is 14.0 Å². The van der Waals surface area contributed by atoms with Gasteiger partial charge in [0.2, 0.25) is 11.8 Å². The quantitative estimate of drug-likeness (QED) is 0.329. The summed E-state index contributed by atoms with van der Waals surface area (Å²) in [5, 5.41) is 2.04. The zero-order chi connectivity index (χ0) is 26.5. The van der Waals surface area contributed by atoms with Crippen LogP contribution in [0.2, 0.25) is 0 Å². The predicted molar refractivity (Wildman–Crippen MR) is 149 cm³/mol. The van der Waals surface area contributed by atoms with E-state index < -0.39 is 0 Å². The molecule has 1 aromatic heterocycles. The monoisotopic (exact) mass is 533 g/mol. The molecule has 3 aromatic rings. The molecule has 2 heterocycles. The Balaban J connectivity index is 1.32. The lowest BCUT2D eigenvalue weighted by molar-refractivity contribution is -0.142. The highest BCUT2D eigenvalue weighted by atomic mass is 32.1. The van der Waals surface area contributed by atoms with Gasteiger partial charge in [-0.25, -0.2) is 4.39 Å². The molecular formula is C31H36FN3O2S. The average Bonchev–Trinajstić information content (AvgIpc) is 3.36. The number of halogens is 1. The standard InChI is InChI=1S/C31H36FN3O2S/c1-23-13-18-38-29(23)21-35(20-24-9-11-26(32)12-10-24)30(36)22-34(17-16-33-14-5-6-15-33)31(37)28-19-27(28)25-7-3-2-4-8-25/h2-4,7-13,18,27-28H,5-6,14-17,19-22H2,1H3/t27-,28-/m0/s1. The van der Waals surface area contributed by atoms with Crippen LogP contribution < -0.4 is 0 Å². The number of carbonyl (C=O) groups is 2. The molecule has 2 fully saturated rings. The van der Waals surface area contributed by atoms with E-state index in [2.05, 4.69) is 30.0 Å². The van der Waals surface area contributed by atoms with Crippen molar-refractivity contribution >= 4 is 23.2 Å². The van der Waals surface area contributed by atoms with Gasteiger partial charge in [-0.2, -0.15) is 0 Å². The van der Waals surface area contributed by atoms with Crippen molar-refractivity contribution in [2.45, 2.75) is 45.2 Å². The molecule has 38 heavy (non-hydrogen) atoms. The predicted octanol–water partition coefficient (Wildman–Crippen LogP) is 5.45. The van der Waals surface area contributed by atoms with E-state index in [1.165, 1.54) is 30.5 Å². The molecule has 1 saturated heterocycles. The Kier molecular flexibility index (Phi) is 8.55. The second kappa shape index (κ2) is 12.2. The topological polar surface area (TPSA) is 43.9 Å². The molecule has 0 radical (unpaired) electrons.